The van der Waals surface area contributed by atoms with E-state index in [1.807, 2.05) is 36.1 Å². The van der Waals surface area contributed by atoms with Crippen molar-refractivity contribution in [2.75, 3.05) is 13.1 Å². The molecule has 1 fully saturated rings. The second-order valence-corrected chi connectivity index (χ2v) is 6.81. The molecule has 1 aromatic rings. The van der Waals surface area contributed by atoms with Crippen LogP contribution in [-0.2, 0) is 4.79 Å². The van der Waals surface area contributed by atoms with E-state index in [0.29, 0.717) is 18.7 Å². The number of benzene rings is 1. The summed E-state index contributed by atoms with van der Waals surface area (Å²) in [5, 5.41) is 3.03. The first-order chi connectivity index (χ1) is 10.5. The van der Waals surface area contributed by atoms with Gasteiger partial charge in [0.15, 0.2) is 0 Å². The molecule has 120 valence electrons. The number of piperidine rings is 1. The normalized spacial score (nSPS) is 17.1. The van der Waals surface area contributed by atoms with Crippen molar-refractivity contribution in [1.82, 2.24) is 10.2 Å². The summed E-state index contributed by atoms with van der Waals surface area (Å²) in [5.41, 5.74) is 0.700. The lowest BCUT2D eigenvalue weighted by Crippen LogP contribution is -2.44. The third-order valence-electron chi connectivity index (χ3n) is 4.25. The minimum atomic E-state index is 0.0305. The molecule has 0 bridgehead atoms. The highest BCUT2D eigenvalue weighted by Crippen LogP contribution is 2.20. The molecule has 1 aromatic carbocycles. The zero-order valence-corrected chi connectivity index (χ0v) is 14.7. The van der Waals surface area contributed by atoms with E-state index in [4.69, 9.17) is 0 Å². The van der Waals surface area contributed by atoms with E-state index in [2.05, 4.69) is 28.2 Å². The third kappa shape index (κ3) is 4.32. The van der Waals surface area contributed by atoms with Gasteiger partial charge < -0.3 is 10.2 Å². The minimum absolute atomic E-state index is 0.0305. The molecular weight excluding hydrogens is 344 g/mol. The molecule has 1 N–H and O–H groups in total. The number of amides is 2. The second kappa shape index (κ2) is 7.77. The summed E-state index contributed by atoms with van der Waals surface area (Å²) in [4.78, 5) is 26.4. The van der Waals surface area contributed by atoms with Crippen molar-refractivity contribution >= 4 is 27.7 Å². The zero-order valence-electron chi connectivity index (χ0n) is 13.1. The second-order valence-electron chi connectivity index (χ2n) is 5.89. The summed E-state index contributed by atoms with van der Waals surface area (Å²) in [6.07, 6.45) is 2.42. The standard InChI is InChI=1S/C17H23BrN2O2/c1-3-12(2)19-16(21)13-8-10-20(11-9-13)17(22)14-4-6-15(18)7-5-14/h4-7,12-13H,3,8-11H2,1-2H3,(H,19,21)/t12-/m1/s1. The monoisotopic (exact) mass is 366 g/mol. The number of carbonyl (C=O) groups excluding carboxylic acids is 2. The van der Waals surface area contributed by atoms with Gasteiger partial charge in [-0.05, 0) is 50.5 Å². The number of hydrogen-bond donors (Lipinski definition) is 1. The molecule has 1 heterocycles. The molecule has 1 aliphatic rings. The Kier molecular flexibility index (Phi) is 6.00. The van der Waals surface area contributed by atoms with Crippen LogP contribution in [0.25, 0.3) is 0 Å². The summed E-state index contributed by atoms with van der Waals surface area (Å²) in [5.74, 6) is 0.210. The van der Waals surface area contributed by atoms with Crippen LogP contribution < -0.4 is 5.32 Å². The molecule has 4 nitrogen and oxygen atoms in total. The Morgan fingerprint density at radius 2 is 1.86 bits per heavy atom. The average Bonchev–Trinajstić information content (AvgIpc) is 2.55. The van der Waals surface area contributed by atoms with Gasteiger partial charge in [0.05, 0.1) is 0 Å². The van der Waals surface area contributed by atoms with Gasteiger partial charge >= 0.3 is 0 Å². The van der Waals surface area contributed by atoms with Gasteiger partial charge in [-0.15, -0.1) is 0 Å². The molecule has 0 spiro atoms. The molecular formula is C17H23BrN2O2. The first-order valence-electron chi connectivity index (χ1n) is 7.86. The molecule has 5 heteroatoms. The number of nitrogens with zero attached hydrogens (tertiary/aromatic N) is 1. The highest BCUT2D eigenvalue weighted by atomic mass is 79.9. The van der Waals surface area contributed by atoms with Crippen molar-refractivity contribution in [2.45, 2.75) is 39.2 Å². The lowest BCUT2D eigenvalue weighted by molar-refractivity contribution is -0.126. The molecule has 0 radical (unpaired) electrons. The van der Waals surface area contributed by atoms with Gasteiger partial charge in [0.2, 0.25) is 5.91 Å². The maximum absolute atomic E-state index is 12.4. The Bertz CT molecular complexity index is 522. The van der Waals surface area contributed by atoms with Crippen molar-refractivity contribution in [3.63, 3.8) is 0 Å². The summed E-state index contributed by atoms with van der Waals surface area (Å²) < 4.78 is 0.962. The number of carbonyl (C=O) groups is 2. The minimum Gasteiger partial charge on any atom is -0.353 e. The zero-order chi connectivity index (χ0) is 16.1. The van der Waals surface area contributed by atoms with Crippen molar-refractivity contribution in [2.24, 2.45) is 5.92 Å². The Morgan fingerprint density at radius 1 is 1.27 bits per heavy atom. The van der Waals surface area contributed by atoms with Crippen LogP contribution in [0.2, 0.25) is 0 Å². The molecule has 0 saturated carbocycles. The average molecular weight is 367 g/mol. The van der Waals surface area contributed by atoms with E-state index in [9.17, 15) is 9.59 Å². The first-order valence-corrected chi connectivity index (χ1v) is 8.65. The fraction of sp³-hybridized carbons (Fsp3) is 0.529. The topological polar surface area (TPSA) is 49.4 Å². The Labute approximate surface area is 140 Å². The summed E-state index contributed by atoms with van der Waals surface area (Å²) >= 11 is 3.37. The van der Waals surface area contributed by atoms with E-state index in [1.54, 1.807) is 0 Å². The molecule has 0 aliphatic carbocycles. The van der Waals surface area contributed by atoms with E-state index < -0.39 is 0 Å². The summed E-state index contributed by atoms with van der Waals surface area (Å²) in [6.45, 7) is 5.37. The molecule has 1 saturated heterocycles. The predicted molar refractivity (Wildman–Crippen MR) is 90.7 cm³/mol. The molecule has 1 atom stereocenters. The SMILES string of the molecule is CC[C@@H](C)NC(=O)C1CCN(C(=O)c2ccc(Br)cc2)CC1. The summed E-state index contributed by atoms with van der Waals surface area (Å²) in [6, 6.07) is 7.62. The van der Waals surface area contributed by atoms with Gasteiger partial charge in [0.25, 0.3) is 5.91 Å². The summed E-state index contributed by atoms with van der Waals surface area (Å²) in [7, 11) is 0. The fourth-order valence-corrected chi connectivity index (χ4v) is 2.85. The number of nitrogens with one attached hydrogen (secondary N) is 1. The number of rotatable bonds is 4. The molecule has 2 amide bonds. The van der Waals surface area contributed by atoms with Crippen LogP contribution in [-0.4, -0.2) is 35.8 Å². The van der Waals surface area contributed by atoms with Crippen molar-refractivity contribution in [1.29, 1.82) is 0 Å². The van der Waals surface area contributed by atoms with Gasteiger partial charge in [-0.3, -0.25) is 9.59 Å². The van der Waals surface area contributed by atoms with E-state index >= 15 is 0 Å². The molecule has 2 rings (SSSR count). The van der Waals surface area contributed by atoms with Gasteiger partial charge in [-0.25, -0.2) is 0 Å². The lowest BCUT2D eigenvalue weighted by atomic mass is 9.95. The number of hydrogen-bond acceptors (Lipinski definition) is 2. The van der Waals surface area contributed by atoms with Crippen molar-refractivity contribution in [3.05, 3.63) is 34.3 Å². The van der Waals surface area contributed by atoms with E-state index in [-0.39, 0.29) is 23.8 Å². The van der Waals surface area contributed by atoms with Crippen LogP contribution in [0.15, 0.2) is 28.7 Å². The molecule has 22 heavy (non-hydrogen) atoms. The highest BCUT2D eigenvalue weighted by molar-refractivity contribution is 9.10. The largest absolute Gasteiger partial charge is 0.353 e. The van der Waals surface area contributed by atoms with E-state index in [1.165, 1.54) is 0 Å². The quantitative estimate of drug-likeness (QED) is 0.889. The Hall–Kier alpha value is -1.36. The van der Waals surface area contributed by atoms with Gasteiger partial charge in [-0.1, -0.05) is 22.9 Å². The third-order valence-corrected chi connectivity index (χ3v) is 4.77. The van der Waals surface area contributed by atoms with E-state index in [0.717, 1.165) is 23.7 Å². The Balaban J connectivity index is 1.87. The van der Waals surface area contributed by atoms with Crippen LogP contribution in [0.5, 0.6) is 0 Å². The predicted octanol–water partition coefficient (Wildman–Crippen LogP) is 3.22. The van der Waals surface area contributed by atoms with Crippen molar-refractivity contribution < 1.29 is 9.59 Å². The maximum atomic E-state index is 12.4. The highest BCUT2D eigenvalue weighted by Gasteiger charge is 2.28. The van der Waals surface area contributed by atoms with Crippen LogP contribution in [0.3, 0.4) is 0 Å². The fourth-order valence-electron chi connectivity index (χ4n) is 2.58. The van der Waals surface area contributed by atoms with Gasteiger partial charge in [0, 0.05) is 35.1 Å². The number of likely N-dealkylation sites (tertiary alicyclic amines) is 1. The van der Waals surface area contributed by atoms with Crippen LogP contribution in [0.1, 0.15) is 43.5 Å². The Morgan fingerprint density at radius 3 is 2.41 bits per heavy atom. The van der Waals surface area contributed by atoms with Crippen LogP contribution in [0, 0.1) is 5.92 Å². The van der Waals surface area contributed by atoms with Gasteiger partial charge in [-0.2, -0.15) is 0 Å². The maximum Gasteiger partial charge on any atom is 0.253 e. The number of halogens is 1. The molecule has 0 aromatic heterocycles. The van der Waals surface area contributed by atoms with Crippen LogP contribution >= 0.6 is 15.9 Å². The molecule has 0 unspecified atom stereocenters. The lowest BCUT2D eigenvalue weighted by Gasteiger charge is -2.32. The van der Waals surface area contributed by atoms with Crippen molar-refractivity contribution in [3.8, 4) is 0 Å². The smallest absolute Gasteiger partial charge is 0.253 e. The first kappa shape index (κ1) is 17.0. The molecule has 1 aliphatic heterocycles. The van der Waals surface area contributed by atoms with Gasteiger partial charge in [0.1, 0.15) is 0 Å². The van der Waals surface area contributed by atoms with Crippen LogP contribution in [0.4, 0.5) is 0 Å².